The summed E-state index contributed by atoms with van der Waals surface area (Å²) in [5, 5.41) is 34.2. The zero-order valence-corrected chi connectivity index (χ0v) is 19.2. The van der Waals surface area contributed by atoms with Gasteiger partial charge in [-0.2, -0.15) is 0 Å². The Hall–Kier alpha value is -4.80. The highest BCUT2D eigenvalue weighted by atomic mass is 16.4. The van der Waals surface area contributed by atoms with Crippen LogP contribution in [0.4, 0.5) is 0 Å². The highest BCUT2D eigenvalue weighted by Gasteiger charge is 2.32. The summed E-state index contributed by atoms with van der Waals surface area (Å²) in [7, 11) is 0. The van der Waals surface area contributed by atoms with Gasteiger partial charge in [-0.05, 0) is 0 Å². The first kappa shape index (κ1) is 28.4. The van der Waals surface area contributed by atoms with E-state index in [2.05, 4.69) is 35.9 Å². The van der Waals surface area contributed by atoms with Crippen molar-refractivity contribution in [1.82, 2.24) is 35.9 Å². The summed E-state index contributed by atoms with van der Waals surface area (Å²) >= 11 is 0. The van der Waals surface area contributed by atoms with Gasteiger partial charge < -0.3 is 47.0 Å². The van der Waals surface area contributed by atoms with Crippen molar-refractivity contribution >= 4 is 35.6 Å². The molecule has 0 fully saturated rings. The Bertz CT molecular complexity index is 1100. The molecule has 3 amide bonds. The second-order valence-electron chi connectivity index (χ2n) is 7.89. The van der Waals surface area contributed by atoms with Gasteiger partial charge in [-0.15, -0.1) is 0 Å². The van der Waals surface area contributed by atoms with Crippen LogP contribution in [0.25, 0.3) is 0 Å². The fourth-order valence-corrected chi connectivity index (χ4v) is 3.13. The Morgan fingerprint density at radius 3 is 1.65 bits per heavy atom. The number of carboxylic acid groups (broad SMARTS) is 3. The lowest BCUT2D eigenvalue weighted by Crippen LogP contribution is -2.58. The van der Waals surface area contributed by atoms with Gasteiger partial charge in [-0.25, -0.2) is 14.8 Å². The fourth-order valence-electron chi connectivity index (χ4n) is 3.13. The SMILES string of the molecule is NC(CC(=O)O)C(=O)NC(Cc1cnc[nH]1)C(=O)NC(CC(=O)O)C(=O)NC(Cc1cnc[nH]1)C(=O)O. The standard InChI is InChI=1S/C20H26N8O9/c21-11(3-15(29)30)17(33)26-12(1-9-5-22-7-24-9)18(34)27-13(4-16(31)32)19(35)28-14(20(36)37)2-10-6-23-8-25-10/h5-8,11-14H,1-4,21H2,(H,22,24)(H,23,25)(H,26,33)(H,27,34)(H,28,35)(H,29,30)(H,31,32)(H,36,37). The number of nitrogens with zero attached hydrogens (tertiary/aromatic N) is 2. The molecule has 10 N–H and O–H groups in total. The van der Waals surface area contributed by atoms with E-state index >= 15 is 0 Å². The lowest BCUT2D eigenvalue weighted by atomic mass is 10.1. The van der Waals surface area contributed by atoms with E-state index in [4.69, 9.17) is 10.8 Å². The van der Waals surface area contributed by atoms with E-state index in [9.17, 15) is 39.0 Å². The van der Waals surface area contributed by atoms with Gasteiger partial charge in [0.1, 0.15) is 18.1 Å². The number of aliphatic carboxylic acids is 3. The largest absolute Gasteiger partial charge is 0.481 e. The summed E-state index contributed by atoms with van der Waals surface area (Å²) in [5.74, 6) is -7.33. The highest BCUT2D eigenvalue weighted by Crippen LogP contribution is 2.05. The second-order valence-corrected chi connectivity index (χ2v) is 7.89. The molecule has 2 rings (SSSR count). The van der Waals surface area contributed by atoms with Crippen molar-refractivity contribution in [3.8, 4) is 0 Å². The van der Waals surface area contributed by atoms with Crippen LogP contribution < -0.4 is 21.7 Å². The molecule has 0 saturated heterocycles. The molecule has 0 aliphatic heterocycles. The van der Waals surface area contributed by atoms with E-state index in [1.807, 2.05) is 0 Å². The third-order valence-electron chi connectivity index (χ3n) is 4.95. The van der Waals surface area contributed by atoms with Gasteiger partial charge >= 0.3 is 17.9 Å². The maximum Gasteiger partial charge on any atom is 0.326 e. The molecule has 37 heavy (non-hydrogen) atoms. The number of aromatic nitrogens is 4. The number of carbonyl (C=O) groups excluding carboxylic acids is 3. The molecule has 0 bridgehead atoms. The number of carbonyl (C=O) groups is 6. The number of nitrogens with one attached hydrogen (secondary N) is 5. The van der Waals surface area contributed by atoms with Crippen LogP contribution in [-0.2, 0) is 41.6 Å². The average Bonchev–Trinajstić information content (AvgIpc) is 3.51. The van der Waals surface area contributed by atoms with E-state index in [1.54, 1.807) is 0 Å². The van der Waals surface area contributed by atoms with Crippen molar-refractivity contribution in [1.29, 1.82) is 0 Å². The van der Waals surface area contributed by atoms with Gasteiger partial charge in [0.25, 0.3) is 0 Å². The zero-order chi connectivity index (χ0) is 27.5. The number of amides is 3. The number of imidazole rings is 2. The molecular formula is C20H26N8O9. The molecule has 17 heteroatoms. The van der Waals surface area contributed by atoms with Crippen LogP contribution in [-0.4, -0.2) is 95.1 Å². The van der Waals surface area contributed by atoms with Crippen molar-refractivity contribution < 1.29 is 44.1 Å². The maximum absolute atomic E-state index is 13.0. The molecule has 200 valence electrons. The van der Waals surface area contributed by atoms with Crippen LogP contribution in [0.5, 0.6) is 0 Å². The molecule has 0 aliphatic rings. The third kappa shape index (κ3) is 9.40. The predicted molar refractivity (Wildman–Crippen MR) is 120 cm³/mol. The van der Waals surface area contributed by atoms with Gasteiger partial charge in [-0.1, -0.05) is 0 Å². The number of carboxylic acids is 3. The number of nitrogens with two attached hydrogens (primary N) is 1. The number of hydrogen-bond donors (Lipinski definition) is 9. The molecule has 17 nitrogen and oxygen atoms in total. The molecule has 0 radical (unpaired) electrons. The number of rotatable bonds is 15. The summed E-state index contributed by atoms with van der Waals surface area (Å²) in [6, 6.07) is -6.11. The summed E-state index contributed by atoms with van der Waals surface area (Å²) in [6.07, 6.45) is 3.27. The molecule has 2 heterocycles. The Kier molecular flexibility index (Phi) is 10.2. The number of H-pyrrole nitrogens is 2. The topological polar surface area (TPSA) is 283 Å². The summed E-state index contributed by atoms with van der Waals surface area (Å²) < 4.78 is 0. The summed E-state index contributed by atoms with van der Waals surface area (Å²) in [5.41, 5.74) is 6.30. The van der Waals surface area contributed by atoms with Crippen molar-refractivity contribution in [2.75, 3.05) is 0 Å². The Morgan fingerprint density at radius 1 is 0.730 bits per heavy atom. The van der Waals surface area contributed by atoms with Crippen LogP contribution >= 0.6 is 0 Å². The van der Waals surface area contributed by atoms with Crippen LogP contribution in [0.2, 0.25) is 0 Å². The maximum atomic E-state index is 13.0. The van der Waals surface area contributed by atoms with Crippen LogP contribution in [0.15, 0.2) is 25.0 Å². The Morgan fingerprint density at radius 2 is 1.19 bits per heavy atom. The molecule has 2 aromatic rings. The van der Waals surface area contributed by atoms with Crippen molar-refractivity contribution in [2.24, 2.45) is 5.73 Å². The van der Waals surface area contributed by atoms with Gasteiger partial charge in [0, 0.05) is 36.6 Å². The first-order chi connectivity index (χ1) is 17.5. The molecule has 0 spiro atoms. The Balaban J connectivity index is 2.18. The van der Waals surface area contributed by atoms with Gasteiger partial charge in [0.15, 0.2) is 0 Å². The van der Waals surface area contributed by atoms with E-state index < -0.39 is 72.6 Å². The lowest BCUT2D eigenvalue weighted by Gasteiger charge is -2.24. The highest BCUT2D eigenvalue weighted by molar-refractivity contribution is 5.96. The molecule has 0 aromatic carbocycles. The summed E-state index contributed by atoms with van der Waals surface area (Å²) in [6.45, 7) is 0. The average molecular weight is 522 g/mol. The molecule has 4 atom stereocenters. The first-order valence-corrected chi connectivity index (χ1v) is 10.7. The lowest BCUT2D eigenvalue weighted by molar-refractivity contribution is -0.143. The van der Waals surface area contributed by atoms with E-state index in [-0.39, 0.29) is 12.8 Å². The third-order valence-corrected chi connectivity index (χ3v) is 4.95. The van der Waals surface area contributed by atoms with Gasteiger partial charge in [0.2, 0.25) is 17.7 Å². The quantitative estimate of drug-likeness (QED) is 0.111. The van der Waals surface area contributed by atoms with Crippen LogP contribution in [0.1, 0.15) is 24.2 Å². The minimum atomic E-state index is -1.72. The van der Waals surface area contributed by atoms with Crippen molar-refractivity contribution in [3.63, 3.8) is 0 Å². The van der Waals surface area contributed by atoms with Crippen molar-refractivity contribution in [3.05, 3.63) is 36.4 Å². The monoisotopic (exact) mass is 522 g/mol. The van der Waals surface area contributed by atoms with Crippen LogP contribution in [0, 0.1) is 0 Å². The minimum absolute atomic E-state index is 0.198. The fraction of sp³-hybridized carbons (Fsp3) is 0.400. The smallest absolute Gasteiger partial charge is 0.326 e. The van der Waals surface area contributed by atoms with Gasteiger partial charge in [0.05, 0.1) is 31.5 Å². The minimum Gasteiger partial charge on any atom is -0.481 e. The van der Waals surface area contributed by atoms with Gasteiger partial charge in [-0.3, -0.25) is 24.0 Å². The van der Waals surface area contributed by atoms with Crippen LogP contribution in [0.3, 0.4) is 0 Å². The van der Waals surface area contributed by atoms with Crippen molar-refractivity contribution in [2.45, 2.75) is 49.9 Å². The number of hydrogen-bond acceptors (Lipinski definition) is 9. The Labute approximate surface area is 208 Å². The summed E-state index contributed by atoms with van der Waals surface area (Å²) in [4.78, 5) is 84.9. The molecule has 4 unspecified atom stereocenters. The van der Waals surface area contributed by atoms with E-state index in [1.165, 1.54) is 25.0 Å². The molecule has 0 saturated carbocycles. The second kappa shape index (κ2) is 13.3. The normalized spacial score (nSPS) is 14.0. The van der Waals surface area contributed by atoms with E-state index in [0.717, 1.165) is 0 Å². The first-order valence-electron chi connectivity index (χ1n) is 10.7. The zero-order valence-electron chi connectivity index (χ0n) is 19.2. The number of aromatic amines is 2. The molecular weight excluding hydrogens is 496 g/mol. The van der Waals surface area contributed by atoms with E-state index in [0.29, 0.717) is 11.4 Å². The molecule has 0 aliphatic carbocycles. The predicted octanol–water partition coefficient (Wildman–Crippen LogP) is -3.27. The molecule has 2 aromatic heterocycles.